The van der Waals surface area contributed by atoms with Gasteiger partial charge in [0.2, 0.25) is 0 Å². The maximum Gasteiger partial charge on any atom is 0.155 e. The molecule has 0 saturated carbocycles. The third-order valence-electron chi connectivity index (χ3n) is 4.88. The first-order chi connectivity index (χ1) is 14.9. The normalized spacial score (nSPS) is 11.2. The van der Waals surface area contributed by atoms with Gasteiger partial charge in [-0.3, -0.25) is 9.78 Å². The molecule has 0 unspecified atom stereocenters. The van der Waals surface area contributed by atoms with Gasteiger partial charge in [0, 0.05) is 47.6 Å². The van der Waals surface area contributed by atoms with Crippen molar-refractivity contribution in [1.29, 1.82) is 0 Å². The van der Waals surface area contributed by atoms with Crippen LogP contribution < -0.4 is 0 Å². The molecule has 2 aromatic heterocycles. The fraction of sp³-hybridized carbons (Fsp3) is 0.111. The number of pyridine rings is 1. The van der Waals surface area contributed by atoms with Gasteiger partial charge in [-0.05, 0) is 38.3 Å². The molecule has 0 aliphatic heterocycles. The number of fused-ring (bicyclic) bond motifs is 4. The molecule has 0 spiro atoms. The van der Waals surface area contributed by atoms with Crippen LogP contribution in [0, 0.1) is 13.0 Å². The standard InChI is InChI=1S/C22H14NS.C5H8O2.Ir/c1-14-12-16-10-11-23-21(22(16)24-14)20-13-15-6-2-3-7-17(15)18-8-4-5-9-19(18)20;1-4(6)3-5(2)7;/h2-12H,1H3;3,6H,1-2H3;/q-1;;/b;4-3-;. The number of allylic oxidation sites excluding steroid dienone is 2. The average molecular weight is 617 g/mol. The molecule has 0 saturated heterocycles. The van der Waals surface area contributed by atoms with Gasteiger partial charge in [-0.1, -0.05) is 64.2 Å². The van der Waals surface area contributed by atoms with Crippen LogP contribution in [0.15, 0.2) is 78.7 Å². The van der Waals surface area contributed by atoms with Gasteiger partial charge < -0.3 is 5.11 Å². The van der Waals surface area contributed by atoms with Crippen LogP contribution in [-0.4, -0.2) is 15.9 Å². The second-order valence-electron chi connectivity index (χ2n) is 7.42. The Hall–Kier alpha value is -2.85. The number of aliphatic hydroxyl groups excluding tert-OH is 1. The largest absolute Gasteiger partial charge is 0.512 e. The average Bonchev–Trinajstić information content (AvgIpc) is 3.13. The van der Waals surface area contributed by atoms with Crippen LogP contribution in [0.25, 0.3) is 42.9 Å². The molecule has 32 heavy (non-hydrogen) atoms. The summed E-state index contributed by atoms with van der Waals surface area (Å²) < 4.78 is 1.24. The zero-order valence-corrected chi connectivity index (χ0v) is 21.2. The Kier molecular flexibility index (Phi) is 7.57. The molecule has 1 radical (unpaired) electrons. The Morgan fingerprint density at radius 3 is 2.31 bits per heavy atom. The quantitative estimate of drug-likeness (QED) is 0.0973. The van der Waals surface area contributed by atoms with Gasteiger partial charge in [0.15, 0.2) is 5.78 Å². The molecule has 0 fully saturated rings. The van der Waals surface area contributed by atoms with Crippen molar-refractivity contribution in [3.05, 3.63) is 89.6 Å². The van der Waals surface area contributed by atoms with E-state index in [9.17, 15) is 4.79 Å². The maximum absolute atomic E-state index is 10.0. The van der Waals surface area contributed by atoms with E-state index in [0.29, 0.717) is 0 Å². The van der Waals surface area contributed by atoms with E-state index in [2.05, 4.69) is 73.7 Å². The van der Waals surface area contributed by atoms with Gasteiger partial charge in [-0.15, -0.1) is 28.9 Å². The SMILES string of the molecule is CC(=O)/C=C(/C)O.Cc1cc2ccnc(-c3[c-]c4ccccc4c4ccccc34)c2s1.[Ir]. The van der Waals surface area contributed by atoms with Crippen molar-refractivity contribution in [2.45, 2.75) is 20.8 Å². The summed E-state index contributed by atoms with van der Waals surface area (Å²) in [6, 6.07) is 25.0. The number of hydrogen-bond acceptors (Lipinski definition) is 4. The summed E-state index contributed by atoms with van der Waals surface area (Å²) in [4.78, 5) is 16.1. The molecule has 0 atom stereocenters. The first kappa shape index (κ1) is 23.8. The zero-order valence-electron chi connectivity index (χ0n) is 18.0. The molecule has 3 aromatic carbocycles. The van der Waals surface area contributed by atoms with Crippen molar-refractivity contribution < 1.29 is 30.0 Å². The fourth-order valence-corrected chi connectivity index (χ4v) is 4.72. The second-order valence-corrected chi connectivity index (χ2v) is 8.68. The number of thiophene rings is 1. The van der Waals surface area contributed by atoms with E-state index < -0.39 is 0 Å². The van der Waals surface area contributed by atoms with E-state index >= 15 is 0 Å². The predicted octanol–water partition coefficient (Wildman–Crippen LogP) is 7.41. The molecule has 0 aliphatic rings. The monoisotopic (exact) mass is 617 g/mol. The smallest absolute Gasteiger partial charge is 0.155 e. The topological polar surface area (TPSA) is 50.2 Å². The van der Waals surface area contributed by atoms with Gasteiger partial charge in [0.05, 0.1) is 5.76 Å². The predicted molar refractivity (Wildman–Crippen MR) is 131 cm³/mol. The fourth-order valence-electron chi connectivity index (χ4n) is 3.72. The minimum Gasteiger partial charge on any atom is -0.512 e. The first-order valence-electron chi connectivity index (χ1n) is 10.00. The number of carbonyl (C=O) groups is 1. The third kappa shape index (κ3) is 4.96. The van der Waals surface area contributed by atoms with Crippen LogP contribution in [-0.2, 0) is 24.9 Å². The Morgan fingerprint density at radius 1 is 1.00 bits per heavy atom. The summed E-state index contributed by atoms with van der Waals surface area (Å²) in [6.07, 6.45) is 3.07. The Balaban J connectivity index is 0.000000318. The number of aryl methyl sites for hydroxylation is 1. The van der Waals surface area contributed by atoms with Crippen molar-refractivity contribution in [2.24, 2.45) is 0 Å². The Bertz CT molecular complexity index is 1450. The van der Waals surface area contributed by atoms with Crippen molar-refractivity contribution in [1.82, 2.24) is 4.98 Å². The van der Waals surface area contributed by atoms with Crippen LogP contribution in [0.2, 0.25) is 0 Å². The Labute approximate surface area is 204 Å². The molecule has 3 nitrogen and oxygen atoms in total. The van der Waals surface area contributed by atoms with Crippen molar-refractivity contribution in [3.63, 3.8) is 0 Å². The number of benzene rings is 3. The maximum atomic E-state index is 10.0. The van der Waals surface area contributed by atoms with E-state index in [1.807, 2.05) is 6.20 Å². The summed E-state index contributed by atoms with van der Waals surface area (Å²) in [7, 11) is 0. The summed E-state index contributed by atoms with van der Waals surface area (Å²) in [5, 5.41) is 14.5. The molecule has 0 amide bonds. The summed E-state index contributed by atoms with van der Waals surface area (Å²) in [6.45, 7) is 5.00. The Morgan fingerprint density at radius 2 is 1.66 bits per heavy atom. The first-order valence-corrected chi connectivity index (χ1v) is 10.8. The molecule has 0 aliphatic carbocycles. The van der Waals surface area contributed by atoms with E-state index in [-0.39, 0.29) is 31.6 Å². The van der Waals surface area contributed by atoms with Gasteiger partial charge in [0.25, 0.3) is 0 Å². The van der Waals surface area contributed by atoms with Crippen LogP contribution >= 0.6 is 11.3 Å². The number of ketones is 1. The second kappa shape index (κ2) is 10.2. The summed E-state index contributed by atoms with van der Waals surface area (Å²) in [5.41, 5.74) is 2.13. The van der Waals surface area contributed by atoms with E-state index in [1.165, 1.54) is 51.0 Å². The summed E-state index contributed by atoms with van der Waals surface area (Å²) in [5.74, 6) is -0.0625. The van der Waals surface area contributed by atoms with E-state index in [0.717, 1.165) is 16.6 Å². The van der Waals surface area contributed by atoms with Crippen molar-refractivity contribution in [2.75, 3.05) is 0 Å². The van der Waals surface area contributed by atoms with Crippen LogP contribution in [0.3, 0.4) is 0 Å². The number of rotatable bonds is 2. The third-order valence-corrected chi connectivity index (χ3v) is 5.95. The van der Waals surface area contributed by atoms with Gasteiger partial charge in [0.1, 0.15) is 0 Å². The van der Waals surface area contributed by atoms with Crippen molar-refractivity contribution >= 4 is 48.8 Å². The molecule has 5 heteroatoms. The molecule has 5 rings (SSSR count). The number of hydrogen-bond donors (Lipinski definition) is 1. The minimum absolute atomic E-state index is 0. The molecular weight excluding hydrogens is 595 g/mol. The van der Waals surface area contributed by atoms with Gasteiger partial charge in [-0.2, -0.15) is 0 Å². The van der Waals surface area contributed by atoms with Crippen LogP contribution in [0.1, 0.15) is 18.7 Å². The molecule has 1 N–H and O–H groups in total. The number of carbonyl (C=O) groups excluding carboxylic acids is 1. The van der Waals surface area contributed by atoms with Crippen molar-refractivity contribution in [3.8, 4) is 11.3 Å². The van der Waals surface area contributed by atoms with Crippen LogP contribution in [0.5, 0.6) is 0 Å². The molecule has 163 valence electrons. The number of nitrogens with zero attached hydrogens (tertiary/aromatic N) is 1. The van der Waals surface area contributed by atoms with E-state index in [4.69, 9.17) is 10.1 Å². The summed E-state index contributed by atoms with van der Waals surface area (Å²) >= 11 is 1.81. The van der Waals surface area contributed by atoms with Crippen LogP contribution in [0.4, 0.5) is 0 Å². The van der Waals surface area contributed by atoms with Gasteiger partial charge >= 0.3 is 0 Å². The molecule has 2 heterocycles. The number of aliphatic hydroxyl groups is 1. The molecule has 5 aromatic rings. The number of aromatic nitrogens is 1. The molecular formula is C27H22IrNO2S-. The molecule has 0 bridgehead atoms. The zero-order chi connectivity index (χ0) is 22.0. The minimum atomic E-state index is -0.125. The van der Waals surface area contributed by atoms with E-state index in [1.54, 1.807) is 11.3 Å². The van der Waals surface area contributed by atoms with Gasteiger partial charge in [-0.25, -0.2) is 0 Å².